The van der Waals surface area contributed by atoms with Crippen molar-refractivity contribution in [3.05, 3.63) is 64.7 Å². The summed E-state index contributed by atoms with van der Waals surface area (Å²) in [5.41, 5.74) is 3.95. The van der Waals surface area contributed by atoms with E-state index in [1.807, 2.05) is 63.2 Å². The molecule has 33 heavy (non-hydrogen) atoms. The largest absolute Gasteiger partial charge is 0.449 e. The molecule has 7 heteroatoms. The van der Waals surface area contributed by atoms with Crippen molar-refractivity contribution in [1.29, 1.82) is 0 Å². The van der Waals surface area contributed by atoms with Gasteiger partial charge in [-0.25, -0.2) is 9.78 Å². The van der Waals surface area contributed by atoms with E-state index in [0.717, 1.165) is 28.6 Å². The minimum Gasteiger partial charge on any atom is -0.449 e. The number of pyridine rings is 1. The average Bonchev–Trinajstić information content (AvgIpc) is 2.84. The number of carbonyl (C=O) groups excluding carboxylic acids is 2. The SMILES string of the molecule is CCCOC(=O)N1CCN(C(=O)c2ccc3c(Cl)c(C)c(-c4ccccc4)nc3c2)C[C@H]1C. The second-order valence-corrected chi connectivity index (χ2v) is 8.78. The fourth-order valence-electron chi connectivity index (χ4n) is 4.20. The molecule has 6 nitrogen and oxygen atoms in total. The van der Waals surface area contributed by atoms with E-state index < -0.39 is 0 Å². The van der Waals surface area contributed by atoms with Gasteiger partial charge in [0.15, 0.2) is 0 Å². The molecule has 0 bridgehead atoms. The Balaban J connectivity index is 1.58. The first-order valence-electron chi connectivity index (χ1n) is 11.3. The highest BCUT2D eigenvalue weighted by Gasteiger charge is 2.31. The quantitative estimate of drug-likeness (QED) is 0.506. The van der Waals surface area contributed by atoms with E-state index >= 15 is 0 Å². The third-order valence-corrected chi connectivity index (χ3v) is 6.51. The molecule has 1 aromatic heterocycles. The van der Waals surface area contributed by atoms with Crippen LogP contribution in [0.25, 0.3) is 22.2 Å². The van der Waals surface area contributed by atoms with Crippen molar-refractivity contribution in [2.45, 2.75) is 33.2 Å². The smallest absolute Gasteiger partial charge is 0.410 e. The first-order chi connectivity index (χ1) is 15.9. The van der Waals surface area contributed by atoms with Crippen LogP contribution >= 0.6 is 11.6 Å². The second kappa shape index (κ2) is 9.79. The molecule has 1 saturated heterocycles. The van der Waals surface area contributed by atoms with E-state index in [2.05, 4.69) is 0 Å². The Morgan fingerprint density at radius 3 is 2.61 bits per heavy atom. The number of rotatable bonds is 4. The number of nitrogens with zero attached hydrogens (tertiary/aromatic N) is 3. The molecule has 1 fully saturated rings. The van der Waals surface area contributed by atoms with E-state index in [-0.39, 0.29) is 18.0 Å². The minimum absolute atomic E-state index is 0.0786. The molecule has 2 heterocycles. The van der Waals surface area contributed by atoms with E-state index in [4.69, 9.17) is 21.3 Å². The third kappa shape index (κ3) is 4.67. The number of amides is 2. The van der Waals surface area contributed by atoms with Gasteiger partial charge in [-0.15, -0.1) is 0 Å². The van der Waals surface area contributed by atoms with Crippen LogP contribution in [0, 0.1) is 6.92 Å². The van der Waals surface area contributed by atoms with Gasteiger partial charge in [-0.1, -0.05) is 54.9 Å². The first-order valence-corrected chi connectivity index (χ1v) is 11.7. The minimum atomic E-state index is -0.315. The standard InChI is InChI=1S/C26H28ClN3O3/c1-4-14-33-26(32)30-13-12-29(16-17(30)2)25(31)20-10-11-21-22(15-20)28-24(18(3)23(21)27)19-8-6-5-7-9-19/h5-11,15,17H,4,12-14,16H2,1-3H3/t17-/m1/s1. The van der Waals surface area contributed by atoms with Gasteiger partial charge in [0.2, 0.25) is 0 Å². The molecular weight excluding hydrogens is 438 g/mol. The Labute approximate surface area is 199 Å². The lowest BCUT2D eigenvalue weighted by molar-refractivity contribution is 0.0412. The van der Waals surface area contributed by atoms with Gasteiger partial charge in [0.05, 0.1) is 22.8 Å². The lowest BCUT2D eigenvalue weighted by atomic mass is 10.0. The van der Waals surface area contributed by atoms with Crippen molar-refractivity contribution in [3.8, 4) is 11.3 Å². The summed E-state index contributed by atoms with van der Waals surface area (Å²) in [6, 6.07) is 15.2. The molecule has 3 aromatic rings. The van der Waals surface area contributed by atoms with Crippen molar-refractivity contribution >= 4 is 34.5 Å². The van der Waals surface area contributed by atoms with E-state index in [1.165, 1.54) is 0 Å². The molecule has 0 aliphatic carbocycles. The lowest BCUT2D eigenvalue weighted by Crippen LogP contribution is -2.55. The van der Waals surface area contributed by atoms with Gasteiger partial charge in [-0.3, -0.25) is 4.79 Å². The highest BCUT2D eigenvalue weighted by molar-refractivity contribution is 6.36. The second-order valence-electron chi connectivity index (χ2n) is 8.41. The maximum Gasteiger partial charge on any atom is 0.410 e. The number of ether oxygens (including phenoxy) is 1. The van der Waals surface area contributed by atoms with Crippen molar-refractivity contribution in [2.24, 2.45) is 0 Å². The molecule has 2 amide bonds. The average molecular weight is 466 g/mol. The zero-order valence-corrected chi connectivity index (χ0v) is 19.9. The molecule has 0 radical (unpaired) electrons. The molecule has 1 atom stereocenters. The molecular formula is C26H28ClN3O3. The number of fused-ring (bicyclic) bond motifs is 1. The number of halogens is 1. The number of piperazine rings is 1. The molecule has 0 saturated carbocycles. The Morgan fingerprint density at radius 2 is 1.91 bits per heavy atom. The highest BCUT2D eigenvalue weighted by Crippen LogP contribution is 2.33. The molecule has 2 aromatic carbocycles. The fourth-order valence-corrected chi connectivity index (χ4v) is 4.45. The summed E-state index contributed by atoms with van der Waals surface area (Å²) in [4.78, 5) is 33.8. The monoisotopic (exact) mass is 465 g/mol. The van der Waals surface area contributed by atoms with Gasteiger partial charge in [-0.05, 0) is 38.0 Å². The van der Waals surface area contributed by atoms with Crippen molar-refractivity contribution in [3.63, 3.8) is 0 Å². The lowest BCUT2D eigenvalue weighted by Gasteiger charge is -2.39. The number of benzene rings is 2. The maximum atomic E-state index is 13.3. The zero-order chi connectivity index (χ0) is 23.5. The van der Waals surface area contributed by atoms with Gasteiger partial charge in [0.1, 0.15) is 0 Å². The zero-order valence-electron chi connectivity index (χ0n) is 19.2. The highest BCUT2D eigenvalue weighted by atomic mass is 35.5. The summed E-state index contributed by atoms with van der Waals surface area (Å²) >= 11 is 6.68. The summed E-state index contributed by atoms with van der Waals surface area (Å²) in [6.45, 7) is 7.62. The Bertz CT molecular complexity index is 1180. The fraction of sp³-hybridized carbons (Fsp3) is 0.346. The van der Waals surface area contributed by atoms with Crippen LogP contribution in [-0.2, 0) is 4.74 Å². The van der Waals surface area contributed by atoms with Crippen molar-refractivity contribution in [2.75, 3.05) is 26.2 Å². The van der Waals surface area contributed by atoms with Gasteiger partial charge in [0.25, 0.3) is 5.91 Å². The molecule has 4 rings (SSSR count). The Kier molecular flexibility index (Phi) is 6.84. The number of hydrogen-bond donors (Lipinski definition) is 0. The summed E-state index contributed by atoms with van der Waals surface area (Å²) in [5, 5.41) is 1.47. The van der Waals surface area contributed by atoms with Crippen LogP contribution in [0.15, 0.2) is 48.5 Å². The van der Waals surface area contributed by atoms with E-state index in [9.17, 15) is 9.59 Å². The molecule has 172 valence electrons. The molecule has 0 spiro atoms. The van der Waals surface area contributed by atoms with E-state index in [0.29, 0.717) is 42.3 Å². The van der Waals surface area contributed by atoms with Crippen LogP contribution in [0.5, 0.6) is 0 Å². The summed E-state index contributed by atoms with van der Waals surface area (Å²) in [5.74, 6) is -0.0786. The van der Waals surface area contributed by atoms with Gasteiger partial charge in [0, 0.05) is 42.2 Å². The van der Waals surface area contributed by atoms with Crippen LogP contribution in [-0.4, -0.2) is 59.1 Å². The summed E-state index contributed by atoms with van der Waals surface area (Å²) in [6.07, 6.45) is 0.467. The number of aromatic nitrogens is 1. The van der Waals surface area contributed by atoms with Crippen LogP contribution in [0.3, 0.4) is 0 Å². The van der Waals surface area contributed by atoms with Crippen LogP contribution in [0.1, 0.15) is 36.2 Å². The van der Waals surface area contributed by atoms with Crippen LogP contribution in [0.4, 0.5) is 4.79 Å². The molecule has 1 aliphatic heterocycles. The molecule has 0 N–H and O–H groups in total. The number of hydrogen-bond acceptors (Lipinski definition) is 4. The number of carbonyl (C=O) groups is 2. The first kappa shape index (κ1) is 23.1. The van der Waals surface area contributed by atoms with E-state index in [1.54, 1.807) is 15.9 Å². The van der Waals surface area contributed by atoms with Crippen molar-refractivity contribution in [1.82, 2.24) is 14.8 Å². The van der Waals surface area contributed by atoms with Crippen LogP contribution in [0.2, 0.25) is 5.02 Å². The predicted molar refractivity (Wildman–Crippen MR) is 131 cm³/mol. The molecule has 0 unspecified atom stereocenters. The topological polar surface area (TPSA) is 62.7 Å². The van der Waals surface area contributed by atoms with Gasteiger partial charge >= 0.3 is 6.09 Å². The summed E-state index contributed by atoms with van der Waals surface area (Å²) in [7, 11) is 0. The summed E-state index contributed by atoms with van der Waals surface area (Å²) < 4.78 is 5.26. The predicted octanol–water partition coefficient (Wildman–Crippen LogP) is 5.56. The normalized spacial score (nSPS) is 16.2. The Hall–Kier alpha value is -3.12. The third-order valence-electron chi connectivity index (χ3n) is 6.02. The molecule has 1 aliphatic rings. The van der Waals surface area contributed by atoms with Crippen LogP contribution < -0.4 is 0 Å². The van der Waals surface area contributed by atoms with Crippen molar-refractivity contribution < 1.29 is 14.3 Å². The maximum absolute atomic E-state index is 13.3. The Morgan fingerprint density at radius 1 is 1.15 bits per heavy atom. The van der Waals surface area contributed by atoms with Gasteiger partial charge < -0.3 is 14.5 Å². The van der Waals surface area contributed by atoms with Gasteiger partial charge in [-0.2, -0.15) is 0 Å².